The Kier molecular flexibility index (Phi) is 4.83. The van der Waals surface area contributed by atoms with Crippen LogP contribution in [0, 0.1) is 6.92 Å². The molecule has 3 aromatic rings. The van der Waals surface area contributed by atoms with E-state index in [4.69, 9.17) is 0 Å². The van der Waals surface area contributed by atoms with E-state index in [1.165, 1.54) is 5.56 Å². The molecule has 1 amide bonds. The lowest BCUT2D eigenvalue weighted by Gasteiger charge is -2.03. The molecule has 0 aliphatic rings. The fourth-order valence-corrected chi connectivity index (χ4v) is 3.18. The summed E-state index contributed by atoms with van der Waals surface area (Å²) < 4.78 is 0. The first-order valence-electron chi connectivity index (χ1n) is 7.57. The molecule has 1 N–H and O–H groups in total. The summed E-state index contributed by atoms with van der Waals surface area (Å²) in [7, 11) is 0. The van der Waals surface area contributed by atoms with Gasteiger partial charge in [-0.2, -0.15) is 0 Å². The number of carbonyl (C=O) groups is 1. The number of hydrogen-bond donors (Lipinski definition) is 1. The van der Waals surface area contributed by atoms with E-state index in [1.807, 2.05) is 36.4 Å². The van der Waals surface area contributed by atoms with Crippen molar-refractivity contribution in [2.24, 2.45) is 0 Å². The van der Waals surface area contributed by atoms with Gasteiger partial charge in [0, 0.05) is 29.5 Å². The summed E-state index contributed by atoms with van der Waals surface area (Å²) in [6.45, 7) is 2.67. The maximum Gasteiger partial charge on any atom is 0.251 e. The highest BCUT2D eigenvalue weighted by Gasteiger charge is 2.07. The number of hydrogen-bond acceptors (Lipinski definition) is 3. The molecule has 0 saturated carbocycles. The van der Waals surface area contributed by atoms with Gasteiger partial charge in [-0.1, -0.05) is 42.0 Å². The van der Waals surface area contributed by atoms with Crippen LogP contribution in [0.1, 0.15) is 21.6 Å². The van der Waals surface area contributed by atoms with Gasteiger partial charge < -0.3 is 5.32 Å². The molecule has 1 heterocycles. The quantitative estimate of drug-likeness (QED) is 0.768. The number of aryl methyl sites for hydroxylation is 1. The van der Waals surface area contributed by atoms with Crippen LogP contribution in [-0.4, -0.2) is 17.4 Å². The minimum Gasteiger partial charge on any atom is -0.352 e. The predicted octanol–water partition coefficient (Wildman–Crippen LogP) is 4.09. The van der Waals surface area contributed by atoms with E-state index in [0.29, 0.717) is 12.1 Å². The lowest BCUT2D eigenvalue weighted by Crippen LogP contribution is -2.25. The molecule has 0 aliphatic heterocycles. The van der Waals surface area contributed by atoms with Crippen molar-refractivity contribution in [3.05, 3.63) is 76.8 Å². The monoisotopic (exact) mass is 322 g/mol. The maximum atomic E-state index is 12.0. The molecule has 23 heavy (non-hydrogen) atoms. The predicted molar refractivity (Wildman–Crippen MR) is 94.8 cm³/mol. The molecule has 1 aromatic heterocycles. The van der Waals surface area contributed by atoms with Gasteiger partial charge in [-0.25, -0.2) is 4.98 Å². The molecule has 0 aliphatic carbocycles. The summed E-state index contributed by atoms with van der Waals surface area (Å²) in [6.07, 6.45) is 0.737. The van der Waals surface area contributed by atoms with Gasteiger partial charge in [0.05, 0.1) is 5.69 Å². The zero-order chi connectivity index (χ0) is 16.1. The van der Waals surface area contributed by atoms with E-state index in [0.717, 1.165) is 22.7 Å². The Morgan fingerprint density at radius 3 is 2.74 bits per heavy atom. The highest BCUT2D eigenvalue weighted by atomic mass is 32.1. The molecule has 0 radical (unpaired) electrons. The minimum absolute atomic E-state index is 0.0419. The molecular formula is C19H18N2OS. The number of aromatic nitrogens is 1. The van der Waals surface area contributed by atoms with Crippen molar-refractivity contribution in [2.45, 2.75) is 13.3 Å². The number of nitrogens with one attached hydrogen (secondary N) is 1. The van der Waals surface area contributed by atoms with Crippen molar-refractivity contribution >= 4 is 17.2 Å². The van der Waals surface area contributed by atoms with Gasteiger partial charge in [0.2, 0.25) is 0 Å². The van der Waals surface area contributed by atoms with Gasteiger partial charge in [0.15, 0.2) is 0 Å². The Hall–Kier alpha value is -2.46. The molecule has 3 nitrogen and oxygen atoms in total. The van der Waals surface area contributed by atoms with E-state index >= 15 is 0 Å². The van der Waals surface area contributed by atoms with Crippen molar-refractivity contribution in [3.63, 3.8) is 0 Å². The third-order valence-electron chi connectivity index (χ3n) is 3.52. The Morgan fingerprint density at radius 1 is 1.13 bits per heavy atom. The highest BCUT2D eigenvalue weighted by Crippen LogP contribution is 2.24. The van der Waals surface area contributed by atoms with Crippen LogP contribution in [0.2, 0.25) is 0 Å². The second kappa shape index (κ2) is 7.20. The molecule has 0 unspecified atom stereocenters. The Balaban J connectivity index is 1.57. The molecule has 0 saturated heterocycles. The molecule has 0 atom stereocenters. The van der Waals surface area contributed by atoms with Crippen molar-refractivity contribution in [2.75, 3.05) is 6.54 Å². The van der Waals surface area contributed by atoms with E-state index in [2.05, 4.69) is 40.8 Å². The van der Waals surface area contributed by atoms with Crippen LogP contribution < -0.4 is 5.32 Å². The first kappa shape index (κ1) is 15.4. The van der Waals surface area contributed by atoms with Gasteiger partial charge in [0.25, 0.3) is 5.91 Å². The van der Waals surface area contributed by atoms with Crippen molar-refractivity contribution in [3.8, 4) is 10.6 Å². The number of thiazole rings is 1. The van der Waals surface area contributed by atoms with E-state index in [1.54, 1.807) is 11.3 Å². The molecule has 4 heteroatoms. The number of nitrogens with zero attached hydrogens (tertiary/aromatic N) is 1. The fraction of sp³-hybridized carbons (Fsp3) is 0.158. The first-order chi connectivity index (χ1) is 11.2. The van der Waals surface area contributed by atoms with Gasteiger partial charge in [0.1, 0.15) is 5.01 Å². The van der Waals surface area contributed by atoms with Gasteiger partial charge >= 0.3 is 0 Å². The Bertz CT molecular complexity index is 796. The van der Waals surface area contributed by atoms with Crippen LogP contribution in [0.3, 0.4) is 0 Å². The summed E-state index contributed by atoms with van der Waals surface area (Å²) in [5.74, 6) is -0.0419. The number of carbonyl (C=O) groups excluding carboxylic acids is 1. The van der Waals surface area contributed by atoms with Gasteiger partial charge in [-0.3, -0.25) is 4.79 Å². The van der Waals surface area contributed by atoms with Crippen molar-refractivity contribution in [1.82, 2.24) is 10.3 Å². The average molecular weight is 322 g/mol. The second-order valence-corrected chi connectivity index (χ2v) is 6.24. The molecule has 116 valence electrons. The average Bonchev–Trinajstić information content (AvgIpc) is 3.04. The molecule has 0 fully saturated rings. The van der Waals surface area contributed by atoms with Gasteiger partial charge in [-0.15, -0.1) is 11.3 Å². The zero-order valence-electron chi connectivity index (χ0n) is 13.0. The summed E-state index contributed by atoms with van der Waals surface area (Å²) in [4.78, 5) is 16.6. The minimum atomic E-state index is -0.0419. The van der Waals surface area contributed by atoms with Crippen LogP contribution in [-0.2, 0) is 6.42 Å². The normalized spacial score (nSPS) is 10.5. The van der Waals surface area contributed by atoms with Crippen LogP contribution in [0.5, 0.6) is 0 Å². The van der Waals surface area contributed by atoms with Crippen LogP contribution in [0.25, 0.3) is 10.6 Å². The second-order valence-electron chi connectivity index (χ2n) is 5.39. The summed E-state index contributed by atoms with van der Waals surface area (Å²) in [5.41, 5.74) is 4.08. The summed E-state index contributed by atoms with van der Waals surface area (Å²) >= 11 is 1.64. The largest absolute Gasteiger partial charge is 0.352 e. The maximum absolute atomic E-state index is 12.0. The van der Waals surface area contributed by atoms with Gasteiger partial charge in [-0.05, 0) is 25.1 Å². The number of benzene rings is 2. The highest BCUT2D eigenvalue weighted by molar-refractivity contribution is 7.13. The topological polar surface area (TPSA) is 42.0 Å². The molecule has 3 rings (SSSR count). The standard InChI is InChI=1S/C19H18N2OS/c1-14-6-5-9-16(12-14)19-21-17(13-23-19)10-11-20-18(22)15-7-3-2-4-8-15/h2-9,12-13H,10-11H2,1H3,(H,20,22). The number of rotatable bonds is 5. The van der Waals surface area contributed by atoms with Crippen LogP contribution in [0.15, 0.2) is 60.0 Å². The molecular weight excluding hydrogens is 304 g/mol. The zero-order valence-corrected chi connectivity index (χ0v) is 13.8. The van der Waals surface area contributed by atoms with Crippen LogP contribution >= 0.6 is 11.3 Å². The Labute approximate surface area is 140 Å². The fourth-order valence-electron chi connectivity index (χ4n) is 2.33. The number of amides is 1. The van der Waals surface area contributed by atoms with E-state index in [9.17, 15) is 4.79 Å². The third-order valence-corrected chi connectivity index (χ3v) is 4.46. The Morgan fingerprint density at radius 2 is 1.96 bits per heavy atom. The summed E-state index contributed by atoms with van der Waals surface area (Å²) in [5, 5.41) is 6.02. The van der Waals surface area contributed by atoms with E-state index in [-0.39, 0.29) is 5.91 Å². The van der Waals surface area contributed by atoms with Crippen molar-refractivity contribution < 1.29 is 4.79 Å². The smallest absolute Gasteiger partial charge is 0.251 e. The lowest BCUT2D eigenvalue weighted by molar-refractivity contribution is 0.0954. The molecule has 0 spiro atoms. The SMILES string of the molecule is Cc1cccc(-c2nc(CCNC(=O)c3ccccc3)cs2)c1. The molecule has 2 aromatic carbocycles. The van der Waals surface area contributed by atoms with E-state index < -0.39 is 0 Å². The summed E-state index contributed by atoms with van der Waals surface area (Å²) in [6, 6.07) is 17.6. The lowest BCUT2D eigenvalue weighted by atomic mass is 10.1. The van der Waals surface area contributed by atoms with Crippen molar-refractivity contribution in [1.29, 1.82) is 0 Å². The molecule has 0 bridgehead atoms. The van der Waals surface area contributed by atoms with Crippen LogP contribution in [0.4, 0.5) is 0 Å². The first-order valence-corrected chi connectivity index (χ1v) is 8.45. The third kappa shape index (κ3) is 4.05.